The van der Waals surface area contributed by atoms with Crippen molar-refractivity contribution < 1.29 is 9.59 Å². The number of benzene rings is 1. The van der Waals surface area contributed by atoms with E-state index in [0.717, 1.165) is 5.56 Å². The highest BCUT2D eigenvalue weighted by molar-refractivity contribution is 5.85. The molecule has 1 aliphatic heterocycles. The molecule has 1 atom stereocenters. The monoisotopic (exact) mass is 340 g/mol. The van der Waals surface area contributed by atoms with Crippen LogP contribution < -0.4 is 11.1 Å². The minimum atomic E-state index is -0.458. The minimum Gasteiger partial charge on any atom is -0.351 e. The molecule has 0 aliphatic carbocycles. The third kappa shape index (κ3) is 6.17. The van der Waals surface area contributed by atoms with Crippen molar-refractivity contribution in [3.63, 3.8) is 0 Å². The first kappa shape index (κ1) is 19.4. The number of nitrogens with two attached hydrogens (primary N) is 1. The number of halogens is 1. The summed E-state index contributed by atoms with van der Waals surface area (Å²) in [6.07, 6.45) is 0. The van der Waals surface area contributed by atoms with E-state index in [4.69, 9.17) is 5.73 Å². The van der Waals surface area contributed by atoms with Crippen molar-refractivity contribution in [2.24, 2.45) is 5.73 Å². The van der Waals surface area contributed by atoms with Crippen molar-refractivity contribution in [2.45, 2.75) is 19.5 Å². The first-order valence-electron chi connectivity index (χ1n) is 7.63. The molecule has 6 nitrogen and oxygen atoms in total. The molecule has 128 valence electrons. The fraction of sp³-hybridized carbons (Fsp3) is 0.500. The fourth-order valence-electron chi connectivity index (χ4n) is 2.47. The summed E-state index contributed by atoms with van der Waals surface area (Å²) in [5.74, 6) is -0.0102. The van der Waals surface area contributed by atoms with E-state index in [1.54, 1.807) is 11.8 Å². The second-order valence-electron chi connectivity index (χ2n) is 5.65. The van der Waals surface area contributed by atoms with Gasteiger partial charge in [-0.2, -0.15) is 0 Å². The number of carbonyl (C=O) groups is 2. The summed E-state index contributed by atoms with van der Waals surface area (Å²) in [5.41, 5.74) is 6.69. The highest BCUT2D eigenvalue weighted by Gasteiger charge is 2.23. The maximum absolute atomic E-state index is 12.0. The number of nitrogens with zero attached hydrogens (tertiary/aromatic N) is 2. The normalized spacial score (nSPS) is 16.3. The predicted octanol–water partition coefficient (Wildman–Crippen LogP) is 0.216. The Morgan fingerprint density at radius 1 is 1.17 bits per heavy atom. The average molecular weight is 341 g/mol. The molecule has 1 aromatic carbocycles. The van der Waals surface area contributed by atoms with Crippen molar-refractivity contribution in [3.05, 3.63) is 35.9 Å². The van der Waals surface area contributed by atoms with Gasteiger partial charge in [-0.25, -0.2) is 0 Å². The van der Waals surface area contributed by atoms with Crippen LogP contribution in [0.2, 0.25) is 0 Å². The second-order valence-corrected chi connectivity index (χ2v) is 5.65. The maximum Gasteiger partial charge on any atom is 0.239 e. The Kier molecular flexibility index (Phi) is 8.02. The van der Waals surface area contributed by atoms with E-state index in [1.165, 1.54) is 0 Å². The van der Waals surface area contributed by atoms with Gasteiger partial charge in [0, 0.05) is 32.7 Å². The molecular weight excluding hydrogens is 316 g/mol. The van der Waals surface area contributed by atoms with Crippen LogP contribution in [-0.4, -0.2) is 60.4 Å². The van der Waals surface area contributed by atoms with Gasteiger partial charge in [-0.15, -0.1) is 12.4 Å². The molecule has 1 aliphatic rings. The smallest absolute Gasteiger partial charge is 0.239 e. The van der Waals surface area contributed by atoms with Crippen LogP contribution in [0.25, 0.3) is 0 Å². The number of hydrogen-bond acceptors (Lipinski definition) is 4. The van der Waals surface area contributed by atoms with Crippen molar-refractivity contribution in [1.29, 1.82) is 0 Å². The molecule has 1 unspecified atom stereocenters. The largest absolute Gasteiger partial charge is 0.351 e. The third-order valence-corrected chi connectivity index (χ3v) is 3.77. The molecule has 0 bridgehead atoms. The molecule has 1 fully saturated rings. The summed E-state index contributed by atoms with van der Waals surface area (Å²) in [6, 6.07) is 9.37. The number of rotatable bonds is 5. The van der Waals surface area contributed by atoms with Gasteiger partial charge in [0.1, 0.15) is 0 Å². The van der Waals surface area contributed by atoms with E-state index in [9.17, 15) is 9.59 Å². The van der Waals surface area contributed by atoms with Crippen LogP contribution >= 0.6 is 12.4 Å². The SMILES string of the molecule is CC(N)C(=O)N1CCN(CC(=O)NCc2ccccc2)CC1.Cl. The summed E-state index contributed by atoms with van der Waals surface area (Å²) in [5, 5.41) is 2.92. The number of hydrogen-bond donors (Lipinski definition) is 2. The summed E-state index contributed by atoms with van der Waals surface area (Å²) in [6.45, 7) is 5.29. The molecule has 0 aromatic heterocycles. The van der Waals surface area contributed by atoms with Crippen LogP contribution in [-0.2, 0) is 16.1 Å². The predicted molar refractivity (Wildman–Crippen MR) is 92.2 cm³/mol. The zero-order valence-corrected chi connectivity index (χ0v) is 14.2. The van der Waals surface area contributed by atoms with E-state index < -0.39 is 6.04 Å². The van der Waals surface area contributed by atoms with E-state index in [2.05, 4.69) is 10.2 Å². The van der Waals surface area contributed by atoms with Gasteiger partial charge in [0.05, 0.1) is 12.6 Å². The number of piperazine rings is 1. The highest BCUT2D eigenvalue weighted by atomic mass is 35.5. The molecule has 1 aromatic rings. The fourth-order valence-corrected chi connectivity index (χ4v) is 2.47. The molecule has 0 radical (unpaired) electrons. The van der Waals surface area contributed by atoms with Crippen LogP contribution in [0, 0.1) is 0 Å². The standard InChI is InChI=1S/C16H24N4O2.ClH/c1-13(17)16(22)20-9-7-19(8-10-20)12-15(21)18-11-14-5-3-2-4-6-14;/h2-6,13H,7-12,17H2,1H3,(H,18,21);1H. The quantitative estimate of drug-likeness (QED) is 0.803. The molecule has 3 N–H and O–H groups in total. The van der Waals surface area contributed by atoms with Crippen LogP contribution in [0.4, 0.5) is 0 Å². The van der Waals surface area contributed by atoms with Gasteiger partial charge in [0.15, 0.2) is 0 Å². The van der Waals surface area contributed by atoms with Crippen LogP contribution in [0.15, 0.2) is 30.3 Å². The molecular formula is C16H25ClN4O2. The number of carbonyl (C=O) groups excluding carboxylic acids is 2. The van der Waals surface area contributed by atoms with Crippen molar-refractivity contribution in [2.75, 3.05) is 32.7 Å². The zero-order valence-electron chi connectivity index (χ0n) is 13.4. The van der Waals surface area contributed by atoms with Gasteiger partial charge >= 0.3 is 0 Å². The Labute approximate surface area is 143 Å². The van der Waals surface area contributed by atoms with Gasteiger partial charge in [-0.05, 0) is 12.5 Å². The lowest BCUT2D eigenvalue weighted by Gasteiger charge is -2.35. The molecule has 0 saturated carbocycles. The van der Waals surface area contributed by atoms with Crippen molar-refractivity contribution in [1.82, 2.24) is 15.1 Å². The lowest BCUT2D eigenvalue weighted by atomic mass is 10.2. The summed E-state index contributed by atoms with van der Waals surface area (Å²) in [7, 11) is 0. The molecule has 1 saturated heterocycles. The summed E-state index contributed by atoms with van der Waals surface area (Å²) in [4.78, 5) is 27.6. The Morgan fingerprint density at radius 2 is 1.78 bits per heavy atom. The lowest BCUT2D eigenvalue weighted by Crippen LogP contribution is -2.53. The molecule has 2 amide bonds. The van der Waals surface area contributed by atoms with Crippen LogP contribution in [0.5, 0.6) is 0 Å². The van der Waals surface area contributed by atoms with Gasteiger partial charge in [-0.3, -0.25) is 14.5 Å². The van der Waals surface area contributed by atoms with Gasteiger partial charge < -0.3 is 16.0 Å². The highest BCUT2D eigenvalue weighted by Crippen LogP contribution is 2.03. The Bertz CT molecular complexity index is 502. The molecule has 0 spiro atoms. The number of nitrogens with one attached hydrogen (secondary N) is 1. The molecule has 7 heteroatoms. The maximum atomic E-state index is 12.0. The van der Waals surface area contributed by atoms with Gasteiger partial charge in [0.2, 0.25) is 11.8 Å². The second kappa shape index (κ2) is 9.50. The van der Waals surface area contributed by atoms with E-state index >= 15 is 0 Å². The van der Waals surface area contributed by atoms with Crippen LogP contribution in [0.1, 0.15) is 12.5 Å². The van der Waals surface area contributed by atoms with Crippen LogP contribution in [0.3, 0.4) is 0 Å². The summed E-state index contributed by atoms with van der Waals surface area (Å²) >= 11 is 0. The zero-order chi connectivity index (χ0) is 15.9. The third-order valence-electron chi connectivity index (χ3n) is 3.77. The van der Waals surface area contributed by atoms with E-state index in [1.807, 2.05) is 30.3 Å². The summed E-state index contributed by atoms with van der Waals surface area (Å²) < 4.78 is 0. The first-order valence-corrected chi connectivity index (χ1v) is 7.63. The molecule has 23 heavy (non-hydrogen) atoms. The van der Waals surface area contributed by atoms with E-state index in [-0.39, 0.29) is 24.2 Å². The Morgan fingerprint density at radius 3 is 2.35 bits per heavy atom. The lowest BCUT2D eigenvalue weighted by molar-refractivity contribution is -0.134. The van der Waals surface area contributed by atoms with Crippen molar-refractivity contribution >= 4 is 24.2 Å². The van der Waals surface area contributed by atoms with E-state index in [0.29, 0.717) is 39.3 Å². The van der Waals surface area contributed by atoms with Crippen molar-refractivity contribution in [3.8, 4) is 0 Å². The Balaban J connectivity index is 0.00000264. The minimum absolute atomic E-state index is 0. The molecule has 2 rings (SSSR count). The number of amides is 2. The molecule has 1 heterocycles. The topological polar surface area (TPSA) is 78.7 Å². The van der Waals surface area contributed by atoms with Gasteiger partial charge in [0.25, 0.3) is 0 Å². The first-order chi connectivity index (χ1) is 10.6. The Hall–Kier alpha value is -1.63. The average Bonchev–Trinajstić information content (AvgIpc) is 2.54. The van der Waals surface area contributed by atoms with Gasteiger partial charge in [-0.1, -0.05) is 30.3 Å².